The van der Waals surface area contributed by atoms with Gasteiger partial charge >= 0.3 is 15.1 Å². The molecule has 0 saturated carbocycles. The first-order valence-electron chi connectivity index (χ1n) is 4.93. The van der Waals surface area contributed by atoms with E-state index in [1.807, 2.05) is 31.2 Å². The second kappa shape index (κ2) is 3.84. The molecule has 0 radical (unpaired) electrons. The van der Waals surface area contributed by atoms with Crippen LogP contribution in [-0.4, -0.2) is 13.0 Å². The van der Waals surface area contributed by atoms with Crippen LogP contribution in [0.1, 0.15) is 6.92 Å². The first-order valence-corrected chi connectivity index (χ1v) is 6.37. The van der Waals surface area contributed by atoms with E-state index in [1.165, 1.54) is 6.07 Å². The molecule has 0 aliphatic rings. The number of nitrogens with zero attached hydrogens (tertiary/aromatic N) is 1. The summed E-state index contributed by atoms with van der Waals surface area (Å²) in [5.74, 6) is 0. The van der Waals surface area contributed by atoms with Gasteiger partial charge in [0.2, 0.25) is 5.52 Å². The van der Waals surface area contributed by atoms with Crippen molar-refractivity contribution >= 4 is 21.0 Å². The minimum Gasteiger partial charge on any atom is -0.277 e. The van der Waals surface area contributed by atoms with Crippen LogP contribution in [0.4, 0.5) is 0 Å². The Labute approximate surface area is 93.9 Å². The van der Waals surface area contributed by atoms with E-state index in [-0.39, 0.29) is 5.03 Å². The van der Waals surface area contributed by atoms with Crippen molar-refractivity contribution in [2.24, 2.45) is 0 Å². The van der Waals surface area contributed by atoms with E-state index >= 15 is 0 Å². The minimum atomic E-state index is -4.17. The van der Waals surface area contributed by atoms with Crippen molar-refractivity contribution < 1.29 is 17.5 Å². The molecular weight excluding hydrogens is 226 g/mol. The Hall–Kier alpha value is -1.46. The smallest absolute Gasteiger partial charge is 0.277 e. The number of hydrogen-bond donors (Lipinski definition) is 1. The first-order chi connectivity index (χ1) is 7.54. The topological polar surface area (TPSA) is 58.2 Å². The predicted octanol–water partition coefficient (Wildman–Crippen LogP) is 1.39. The van der Waals surface area contributed by atoms with Crippen LogP contribution in [0.15, 0.2) is 41.4 Å². The van der Waals surface area contributed by atoms with E-state index in [1.54, 1.807) is 10.6 Å². The second-order valence-corrected chi connectivity index (χ2v) is 4.82. The number of fused-ring (bicyclic) bond motifs is 1. The molecule has 1 N–H and O–H groups in total. The standard InChI is InChI=1S/C11H11NO3S/c1-2-12-10-6-4-3-5-9(10)7-8-11(12)16(13,14)15/h3-8H,2H2,1H3/p+1. The summed E-state index contributed by atoms with van der Waals surface area (Å²) in [4.78, 5) is 0. The first kappa shape index (κ1) is 11.0. The molecule has 0 fully saturated rings. The molecule has 16 heavy (non-hydrogen) atoms. The monoisotopic (exact) mass is 238 g/mol. The molecule has 2 rings (SSSR count). The zero-order valence-electron chi connectivity index (χ0n) is 8.79. The number of rotatable bonds is 2. The molecule has 0 bridgehead atoms. The Morgan fingerprint density at radius 2 is 1.88 bits per heavy atom. The van der Waals surface area contributed by atoms with Crippen molar-refractivity contribution in [2.75, 3.05) is 0 Å². The zero-order valence-corrected chi connectivity index (χ0v) is 9.61. The lowest BCUT2D eigenvalue weighted by atomic mass is 10.2. The average Bonchev–Trinajstić information content (AvgIpc) is 2.26. The summed E-state index contributed by atoms with van der Waals surface area (Å²) in [5, 5.41) is 0.866. The Balaban J connectivity index is 2.89. The van der Waals surface area contributed by atoms with Gasteiger partial charge in [0.15, 0.2) is 0 Å². The van der Waals surface area contributed by atoms with Crippen molar-refractivity contribution in [1.82, 2.24) is 0 Å². The number of benzene rings is 1. The Morgan fingerprint density at radius 3 is 2.50 bits per heavy atom. The highest BCUT2D eigenvalue weighted by molar-refractivity contribution is 7.85. The molecule has 0 atom stereocenters. The van der Waals surface area contributed by atoms with E-state index in [9.17, 15) is 8.42 Å². The molecule has 0 aliphatic heterocycles. The largest absolute Gasteiger partial charge is 0.355 e. The summed E-state index contributed by atoms with van der Waals surface area (Å²) in [6.45, 7) is 2.32. The molecule has 0 spiro atoms. The Kier molecular flexibility index (Phi) is 2.65. The van der Waals surface area contributed by atoms with Gasteiger partial charge in [-0.2, -0.15) is 13.0 Å². The van der Waals surface area contributed by atoms with Gasteiger partial charge in [-0.15, -0.1) is 0 Å². The van der Waals surface area contributed by atoms with E-state index in [2.05, 4.69) is 0 Å². The molecule has 0 amide bonds. The van der Waals surface area contributed by atoms with Gasteiger partial charge in [-0.1, -0.05) is 12.1 Å². The van der Waals surface area contributed by atoms with Crippen LogP contribution in [0.2, 0.25) is 0 Å². The van der Waals surface area contributed by atoms with E-state index in [0.29, 0.717) is 6.54 Å². The fourth-order valence-electron chi connectivity index (χ4n) is 1.80. The van der Waals surface area contributed by atoms with E-state index in [0.717, 1.165) is 10.9 Å². The molecule has 1 aromatic heterocycles. The lowest BCUT2D eigenvalue weighted by Gasteiger charge is -2.02. The van der Waals surface area contributed by atoms with Crippen molar-refractivity contribution in [1.29, 1.82) is 0 Å². The molecule has 0 unspecified atom stereocenters. The summed E-state index contributed by atoms with van der Waals surface area (Å²) in [5.41, 5.74) is 0.792. The number of aromatic nitrogens is 1. The lowest BCUT2D eigenvalue weighted by Crippen LogP contribution is -2.39. The second-order valence-electron chi connectivity index (χ2n) is 3.45. The third-order valence-electron chi connectivity index (χ3n) is 2.48. The van der Waals surface area contributed by atoms with Crippen LogP contribution in [-0.2, 0) is 16.7 Å². The maximum atomic E-state index is 11.2. The van der Waals surface area contributed by atoms with Gasteiger partial charge in [-0.05, 0) is 19.1 Å². The number of hydrogen-bond acceptors (Lipinski definition) is 2. The lowest BCUT2D eigenvalue weighted by molar-refractivity contribution is -0.706. The van der Waals surface area contributed by atoms with Crippen molar-refractivity contribution in [3.63, 3.8) is 0 Å². The highest BCUT2D eigenvalue weighted by Crippen LogP contribution is 2.13. The van der Waals surface area contributed by atoms with Gasteiger partial charge in [0.1, 0.15) is 6.54 Å². The Bertz CT molecular complexity index is 635. The average molecular weight is 238 g/mol. The van der Waals surface area contributed by atoms with E-state index < -0.39 is 10.1 Å². The van der Waals surface area contributed by atoms with Gasteiger partial charge in [0.05, 0.1) is 0 Å². The summed E-state index contributed by atoms with van der Waals surface area (Å²) < 4.78 is 33.1. The number of aryl methyl sites for hydroxylation is 1. The molecule has 0 saturated heterocycles. The Morgan fingerprint density at radius 1 is 1.19 bits per heavy atom. The van der Waals surface area contributed by atoms with E-state index in [4.69, 9.17) is 4.55 Å². The van der Waals surface area contributed by atoms with Crippen molar-refractivity contribution in [3.05, 3.63) is 36.4 Å². The molecule has 5 heteroatoms. The summed E-state index contributed by atoms with van der Waals surface area (Å²) >= 11 is 0. The van der Waals surface area contributed by atoms with Gasteiger partial charge in [-0.3, -0.25) is 4.55 Å². The van der Waals surface area contributed by atoms with Crippen LogP contribution in [0.25, 0.3) is 10.9 Å². The molecule has 0 aliphatic carbocycles. The molecule has 84 valence electrons. The van der Waals surface area contributed by atoms with Crippen LogP contribution < -0.4 is 4.57 Å². The molecule has 1 heterocycles. The number of para-hydroxylation sites is 1. The summed E-state index contributed by atoms with van der Waals surface area (Å²) in [6.07, 6.45) is 0. The van der Waals surface area contributed by atoms with Gasteiger partial charge in [0.25, 0.3) is 0 Å². The van der Waals surface area contributed by atoms with Crippen LogP contribution in [0.5, 0.6) is 0 Å². The van der Waals surface area contributed by atoms with Gasteiger partial charge in [-0.25, -0.2) is 0 Å². The summed E-state index contributed by atoms with van der Waals surface area (Å²) in [7, 11) is -4.17. The molecule has 2 aromatic rings. The van der Waals surface area contributed by atoms with Crippen LogP contribution in [0, 0.1) is 0 Å². The maximum Gasteiger partial charge on any atom is 0.355 e. The number of pyridine rings is 1. The predicted molar refractivity (Wildman–Crippen MR) is 59.6 cm³/mol. The molecule has 4 nitrogen and oxygen atoms in total. The third kappa shape index (κ3) is 1.79. The van der Waals surface area contributed by atoms with Gasteiger partial charge in [0, 0.05) is 17.5 Å². The van der Waals surface area contributed by atoms with Crippen LogP contribution >= 0.6 is 0 Å². The highest BCUT2D eigenvalue weighted by Gasteiger charge is 2.24. The SMILES string of the molecule is CC[n+]1c(S(=O)(=O)O)ccc2ccccc21. The fourth-order valence-corrected chi connectivity index (χ4v) is 2.54. The quantitative estimate of drug-likeness (QED) is 0.635. The minimum absolute atomic E-state index is 0.0753. The van der Waals surface area contributed by atoms with Gasteiger partial charge < -0.3 is 0 Å². The normalized spacial score (nSPS) is 11.9. The van der Waals surface area contributed by atoms with Crippen LogP contribution in [0.3, 0.4) is 0 Å². The maximum absolute atomic E-state index is 11.2. The summed E-state index contributed by atoms with van der Waals surface area (Å²) in [6, 6.07) is 10.5. The van der Waals surface area contributed by atoms with Crippen molar-refractivity contribution in [3.8, 4) is 0 Å². The zero-order chi connectivity index (χ0) is 11.8. The fraction of sp³-hybridized carbons (Fsp3) is 0.182. The highest BCUT2D eigenvalue weighted by atomic mass is 32.2. The van der Waals surface area contributed by atoms with Crippen molar-refractivity contribution in [2.45, 2.75) is 18.5 Å². The molecular formula is C11H12NO3S+. The third-order valence-corrected chi connectivity index (χ3v) is 3.36. The molecule has 1 aromatic carbocycles.